The Morgan fingerprint density at radius 2 is 2.25 bits per heavy atom. The summed E-state index contributed by atoms with van der Waals surface area (Å²) >= 11 is 0. The van der Waals surface area contributed by atoms with Gasteiger partial charge in [-0.05, 0) is 32.0 Å². The van der Waals surface area contributed by atoms with Gasteiger partial charge in [0.15, 0.2) is 5.78 Å². The van der Waals surface area contributed by atoms with E-state index in [-0.39, 0.29) is 11.8 Å². The molecule has 6 nitrogen and oxygen atoms in total. The number of hydrogen-bond donors (Lipinski definition) is 1. The lowest BCUT2D eigenvalue weighted by molar-refractivity contribution is 0.101. The Morgan fingerprint density at radius 1 is 1.50 bits per heavy atom. The molecule has 0 amide bonds. The average Bonchev–Trinajstić information content (AvgIpc) is 2.87. The van der Waals surface area contributed by atoms with Gasteiger partial charge < -0.3 is 10.5 Å². The van der Waals surface area contributed by atoms with Crippen LogP contribution in [0.25, 0.3) is 0 Å². The number of aromatic nitrogens is 3. The van der Waals surface area contributed by atoms with Gasteiger partial charge in [-0.1, -0.05) is 5.21 Å². The minimum Gasteiger partial charge on any atom is -0.496 e. The maximum atomic E-state index is 11.5. The molecule has 0 spiro atoms. The third-order valence-corrected chi connectivity index (χ3v) is 3.04. The maximum absolute atomic E-state index is 11.5. The molecule has 2 rings (SSSR count). The summed E-state index contributed by atoms with van der Waals surface area (Å²) < 4.78 is 6.99. The zero-order valence-electron chi connectivity index (χ0n) is 11.8. The number of rotatable bonds is 5. The monoisotopic (exact) mass is 274 g/mol. The molecular weight excluding hydrogens is 256 g/mol. The Hall–Kier alpha value is -2.21. The molecule has 1 heterocycles. The molecule has 2 N–H and O–H groups in total. The number of nitrogens with zero attached hydrogens (tertiary/aromatic N) is 3. The van der Waals surface area contributed by atoms with E-state index in [1.165, 1.54) is 6.92 Å². The van der Waals surface area contributed by atoms with Crippen LogP contribution < -0.4 is 10.5 Å². The van der Waals surface area contributed by atoms with Gasteiger partial charge in [0.1, 0.15) is 5.75 Å². The predicted molar refractivity (Wildman–Crippen MR) is 74.7 cm³/mol. The van der Waals surface area contributed by atoms with Crippen LogP contribution in [0, 0.1) is 0 Å². The van der Waals surface area contributed by atoms with E-state index in [1.54, 1.807) is 30.1 Å². The molecule has 1 atom stereocenters. The van der Waals surface area contributed by atoms with Crippen LogP contribution in [0.5, 0.6) is 5.75 Å². The molecule has 0 bridgehead atoms. The van der Waals surface area contributed by atoms with Crippen LogP contribution in [0.15, 0.2) is 24.4 Å². The summed E-state index contributed by atoms with van der Waals surface area (Å²) in [5.74, 6) is 0.733. The summed E-state index contributed by atoms with van der Waals surface area (Å²) in [6.45, 7) is 3.87. The Kier molecular flexibility index (Phi) is 4.14. The first-order valence-corrected chi connectivity index (χ1v) is 6.34. The number of carbonyl (C=O) groups is 1. The number of Topliss-reactive ketones (excluding diaryl/α,β-unsaturated/α-hetero) is 1. The van der Waals surface area contributed by atoms with Crippen LogP contribution in [0.4, 0.5) is 0 Å². The first-order valence-electron chi connectivity index (χ1n) is 6.34. The first-order chi connectivity index (χ1) is 9.51. The highest BCUT2D eigenvalue weighted by Crippen LogP contribution is 2.21. The zero-order chi connectivity index (χ0) is 14.7. The number of ketones is 1. The quantitative estimate of drug-likeness (QED) is 0.836. The summed E-state index contributed by atoms with van der Waals surface area (Å²) in [5.41, 5.74) is 8.01. The van der Waals surface area contributed by atoms with Crippen molar-refractivity contribution in [1.29, 1.82) is 0 Å². The molecule has 0 aliphatic heterocycles. The van der Waals surface area contributed by atoms with Gasteiger partial charge in [-0.25, -0.2) is 4.68 Å². The van der Waals surface area contributed by atoms with E-state index in [4.69, 9.17) is 10.5 Å². The molecule has 106 valence electrons. The predicted octanol–water partition coefficient (Wildman–Crippen LogP) is 1.56. The van der Waals surface area contributed by atoms with Crippen molar-refractivity contribution in [2.75, 3.05) is 7.11 Å². The third kappa shape index (κ3) is 3.03. The lowest BCUT2D eigenvalue weighted by Crippen LogP contribution is -2.06. The Bertz CT molecular complexity index is 619. The van der Waals surface area contributed by atoms with Gasteiger partial charge in [-0.3, -0.25) is 4.79 Å². The average molecular weight is 274 g/mol. The van der Waals surface area contributed by atoms with E-state index in [2.05, 4.69) is 10.3 Å². The summed E-state index contributed by atoms with van der Waals surface area (Å²) in [4.78, 5) is 11.5. The molecule has 0 fully saturated rings. The summed E-state index contributed by atoms with van der Waals surface area (Å²) in [6, 6.07) is 5.19. The SMILES string of the molecule is COc1ccc(C(C)=O)cc1Cn1cc(C(C)N)nn1. The molecular formula is C14H18N4O2. The Morgan fingerprint density at radius 3 is 2.80 bits per heavy atom. The number of benzene rings is 1. The second-order valence-electron chi connectivity index (χ2n) is 4.71. The van der Waals surface area contributed by atoms with Crippen LogP contribution in [0.2, 0.25) is 0 Å². The minimum absolute atomic E-state index is 0.0174. The van der Waals surface area contributed by atoms with Crippen molar-refractivity contribution in [2.45, 2.75) is 26.4 Å². The van der Waals surface area contributed by atoms with Gasteiger partial charge in [-0.2, -0.15) is 0 Å². The Balaban J connectivity index is 2.30. The smallest absolute Gasteiger partial charge is 0.159 e. The lowest BCUT2D eigenvalue weighted by Gasteiger charge is -2.09. The minimum atomic E-state index is -0.158. The maximum Gasteiger partial charge on any atom is 0.159 e. The highest BCUT2D eigenvalue weighted by Gasteiger charge is 2.10. The fourth-order valence-electron chi connectivity index (χ4n) is 1.89. The van der Waals surface area contributed by atoms with Crippen molar-refractivity contribution in [3.63, 3.8) is 0 Å². The number of hydrogen-bond acceptors (Lipinski definition) is 5. The number of methoxy groups -OCH3 is 1. The van der Waals surface area contributed by atoms with Crippen molar-refractivity contribution in [2.24, 2.45) is 5.73 Å². The Labute approximate surface area is 117 Å². The van der Waals surface area contributed by atoms with E-state index in [0.29, 0.717) is 17.9 Å². The largest absolute Gasteiger partial charge is 0.496 e. The zero-order valence-corrected chi connectivity index (χ0v) is 11.8. The van der Waals surface area contributed by atoms with E-state index in [0.717, 1.165) is 11.3 Å². The van der Waals surface area contributed by atoms with Crippen molar-refractivity contribution in [3.8, 4) is 5.75 Å². The van der Waals surface area contributed by atoms with Crippen LogP contribution >= 0.6 is 0 Å². The van der Waals surface area contributed by atoms with Gasteiger partial charge in [0.2, 0.25) is 0 Å². The third-order valence-electron chi connectivity index (χ3n) is 3.04. The van der Waals surface area contributed by atoms with E-state index in [9.17, 15) is 4.79 Å². The molecule has 0 saturated heterocycles. The molecule has 2 aromatic rings. The normalized spacial score (nSPS) is 12.2. The molecule has 0 saturated carbocycles. The van der Waals surface area contributed by atoms with Crippen molar-refractivity contribution >= 4 is 5.78 Å². The molecule has 0 aliphatic rings. The number of ether oxygens (including phenoxy) is 1. The summed E-state index contributed by atoms with van der Waals surface area (Å²) in [6.07, 6.45) is 1.80. The fraction of sp³-hybridized carbons (Fsp3) is 0.357. The number of nitrogens with two attached hydrogens (primary N) is 1. The summed E-state index contributed by atoms with van der Waals surface area (Å²) in [5, 5.41) is 8.03. The number of carbonyl (C=O) groups excluding carboxylic acids is 1. The molecule has 0 radical (unpaired) electrons. The van der Waals surface area contributed by atoms with Crippen molar-refractivity contribution in [1.82, 2.24) is 15.0 Å². The lowest BCUT2D eigenvalue weighted by atomic mass is 10.1. The molecule has 6 heteroatoms. The van der Waals surface area contributed by atoms with Gasteiger partial charge in [0.25, 0.3) is 0 Å². The first kappa shape index (κ1) is 14.2. The second kappa shape index (κ2) is 5.83. The summed E-state index contributed by atoms with van der Waals surface area (Å²) in [7, 11) is 1.60. The van der Waals surface area contributed by atoms with Crippen LogP contribution in [-0.2, 0) is 6.54 Å². The molecule has 0 aliphatic carbocycles. The molecule has 1 aromatic carbocycles. The van der Waals surface area contributed by atoms with Crippen LogP contribution in [0.3, 0.4) is 0 Å². The standard InChI is InChI=1S/C14H18N4O2/c1-9(15)13-8-18(17-16-13)7-12-6-11(10(2)19)4-5-14(12)20-3/h4-6,8-9H,7,15H2,1-3H3. The molecule has 1 unspecified atom stereocenters. The highest BCUT2D eigenvalue weighted by molar-refractivity contribution is 5.94. The molecule has 20 heavy (non-hydrogen) atoms. The van der Waals surface area contributed by atoms with Crippen molar-refractivity contribution in [3.05, 3.63) is 41.2 Å². The molecule has 1 aromatic heterocycles. The van der Waals surface area contributed by atoms with Crippen LogP contribution in [-0.4, -0.2) is 27.9 Å². The van der Waals surface area contributed by atoms with Crippen LogP contribution in [0.1, 0.15) is 41.5 Å². The van der Waals surface area contributed by atoms with Gasteiger partial charge in [0.05, 0.1) is 25.5 Å². The van der Waals surface area contributed by atoms with Gasteiger partial charge in [-0.15, -0.1) is 5.10 Å². The second-order valence-corrected chi connectivity index (χ2v) is 4.71. The van der Waals surface area contributed by atoms with Crippen molar-refractivity contribution < 1.29 is 9.53 Å². The van der Waals surface area contributed by atoms with Gasteiger partial charge >= 0.3 is 0 Å². The highest BCUT2D eigenvalue weighted by atomic mass is 16.5. The van der Waals surface area contributed by atoms with Gasteiger partial charge in [0, 0.05) is 17.2 Å². The van der Waals surface area contributed by atoms with E-state index >= 15 is 0 Å². The van der Waals surface area contributed by atoms with E-state index < -0.39 is 0 Å². The van der Waals surface area contributed by atoms with E-state index in [1.807, 2.05) is 13.0 Å². The topological polar surface area (TPSA) is 83.0 Å². The fourth-order valence-corrected chi connectivity index (χ4v) is 1.89.